The molecule has 2 aromatic rings. The Morgan fingerprint density at radius 1 is 1.04 bits per heavy atom. The van der Waals surface area contributed by atoms with Crippen molar-refractivity contribution in [1.82, 2.24) is 4.90 Å². The van der Waals surface area contributed by atoms with Crippen molar-refractivity contribution < 1.29 is 18.3 Å². The first kappa shape index (κ1) is 15.2. The Hall–Kier alpha value is -2.34. The van der Waals surface area contributed by atoms with Gasteiger partial charge in [-0.2, -0.15) is 13.2 Å². The predicted molar refractivity (Wildman–Crippen MR) is 83.6 cm³/mol. The van der Waals surface area contributed by atoms with Crippen molar-refractivity contribution in [3.8, 4) is 0 Å². The van der Waals surface area contributed by atoms with Crippen LogP contribution >= 0.6 is 0 Å². The van der Waals surface area contributed by atoms with E-state index in [9.17, 15) is 18.3 Å². The number of halogens is 3. The molecule has 0 aliphatic carbocycles. The second kappa shape index (κ2) is 5.08. The summed E-state index contributed by atoms with van der Waals surface area (Å²) in [4.78, 5) is 6.29. The molecule has 124 valence electrons. The lowest BCUT2D eigenvalue weighted by atomic mass is 9.93. The highest BCUT2D eigenvalue weighted by Crippen LogP contribution is 2.44. The van der Waals surface area contributed by atoms with E-state index >= 15 is 0 Å². The van der Waals surface area contributed by atoms with E-state index in [2.05, 4.69) is 4.99 Å². The lowest BCUT2D eigenvalue weighted by Crippen LogP contribution is -2.47. The minimum Gasteiger partial charge on any atom is -0.363 e. The molecule has 0 radical (unpaired) electrons. The number of amidine groups is 1. The van der Waals surface area contributed by atoms with E-state index in [-0.39, 0.29) is 0 Å². The van der Waals surface area contributed by atoms with Gasteiger partial charge in [0.05, 0.1) is 5.56 Å². The number of fused-ring (bicyclic) bond motifs is 3. The summed E-state index contributed by atoms with van der Waals surface area (Å²) in [5.41, 5.74) is -0.311. The summed E-state index contributed by atoms with van der Waals surface area (Å²) in [7, 11) is 0. The largest absolute Gasteiger partial charge is 0.416 e. The molecule has 0 bridgehead atoms. The van der Waals surface area contributed by atoms with Crippen molar-refractivity contribution in [2.75, 3.05) is 13.1 Å². The van der Waals surface area contributed by atoms with Gasteiger partial charge in [0.25, 0.3) is 0 Å². The summed E-state index contributed by atoms with van der Waals surface area (Å²) in [5, 5.41) is 11.5. The molecule has 6 heteroatoms. The van der Waals surface area contributed by atoms with E-state index in [4.69, 9.17) is 0 Å². The molecule has 2 aliphatic heterocycles. The van der Waals surface area contributed by atoms with Crippen LogP contribution in [0.4, 0.5) is 13.2 Å². The Morgan fingerprint density at radius 3 is 2.46 bits per heavy atom. The highest BCUT2D eigenvalue weighted by atomic mass is 19.4. The molecule has 1 N–H and O–H groups in total. The molecule has 0 saturated heterocycles. The van der Waals surface area contributed by atoms with Gasteiger partial charge in [0, 0.05) is 29.8 Å². The van der Waals surface area contributed by atoms with E-state index < -0.39 is 17.5 Å². The van der Waals surface area contributed by atoms with Gasteiger partial charge in [-0.25, -0.2) is 0 Å². The van der Waals surface area contributed by atoms with Gasteiger partial charge in [0.2, 0.25) is 0 Å². The minimum absolute atomic E-state index is 0.412. The van der Waals surface area contributed by atoms with Crippen LogP contribution in [-0.4, -0.2) is 28.9 Å². The van der Waals surface area contributed by atoms with Crippen molar-refractivity contribution in [2.45, 2.75) is 18.3 Å². The van der Waals surface area contributed by atoms with Gasteiger partial charge >= 0.3 is 6.18 Å². The van der Waals surface area contributed by atoms with Crippen LogP contribution < -0.4 is 0 Å². The topological polar surface area (TPSA) is 35.8 Å². The molecule has 1 atom stereocenters. The van der Waals surface area contributed by atoms with Crippen LogP contribution in [0.25, 0.3) is 0 Å². The van der Waals surface area contributed by atoms with Gasteiger partial charge in [-0.3, -0.25) is 4.99 Å². The molecule has 2 aromatic carbocycles. The molecule has 3 nitrogen and oxygen atoms in total. The fourth-order valence-corrected chi connectivity index (χ4v) is 3.48. The molecule has 4 rings (SSSR count). The molecule has 0 spiro atoms. The number of aliphatic imine (C=N–C) groups is 1. The lowest BCUT2D eigenvalue weighted by molar-refractivity contribution is -0.137. The van der Waals surface area contributed by atoms with E-state index in [0.717, 1.165) is 24.1 Å². The number of rotatable bonds is 1. The Kier molecular flexibility index (Phi) is 3.22. The number of benzene rings is 2. The van der Waals surface area contributed by atoms with Crippen LogP contribution in [0, 0.1) is 0 Å². The highest BCUT2D eigenvalue weighted by molar-refractivity contribution is 6.04. The second-order valence-electron chi connectivity index (χ2n) is 6.00. The first-order valence-electron chi connectivity index (χ1n) is 7.74. The summed E-state index contributed by atoms with van der Waals surface area (Å²) in [6.07, 6.45) is -3.60. The van der Waals surface area contributed by atoms with Crippen molar-refractivity contribution in [3.05, 3.63) is 70.8 Å². The van der Waals surface area contributed by atoms with Gasteiger partial charge in [0.1, 0.15) is 5.84 Å². The smallest absolute Gasteiger partial charge is 0.363 e. The summed E-state index contributed by atoms with van der Waals surface area (Å²) in [6, 6.07) is 12.1. The van der Waals surface area contributed by atoms with E-state index in [1.807, 2.05) is 18.2 Å². The van der Waals surface area contributed by atoms with Crippen LogP contribution in [0.15, 0.2) is 53.5 Å². The van der Waals surface area contributed by atoms with Crippen LogP contribution in [-0.2, 0) is 11.9 Å². The van der Waals surface area contributed by atoms with Crippen LogP contribution in [0.5, 0.6) is 0 Å². The third kappa shape index (κ3) is 2.06. The summed E-state index contributed by atoms with van der Waals surface area (Å²) in [5.74, 6) is 0.708. The standard InChI is InChI=1S/C18H15F3N2O/c19-18(20,21)13-8-6-12(7-9-13)17(24)15-5-2-1-4-14(15)16-22-10-3-11-23(16)17/h1-2,4-9,24H,3,10-11H2. The zero-order valence-electron chi connectivity index (χ0n) is 12.7. The fraction of sp³-hybridized carbons (Fsp3) is 0.278. The van der Waals surface area contributed by atoms with Gasteiger partial charge < -0.3 is 10.0 Å². The summed E-state index contributed by atoms with van der Waals surface area (Å²) < 4.78 is 38.4. The van der Waals surface area contributed by atoms with Crippen molar-refractivity contribution in [3.63, 3.8) is 0 Å². The number of alkyl halides is 3. The molecule has 24 heavy (non-hydrogen) atoms. The number of aliphatic hydroxyl groups is 1. The molecule has 2 aliphatic rings. The maximum absolute atomic E-state index is 12.8. The Labute approximate surface area is 137 Å². The maximum atomic E-state index is 12.8. The Morgan fingerprint density at radius 2 is 1.75 bits per heavy atom. The van der Waals surface area contributed by atoms with Crippen LogP contribution in [0.1, 0.15) is 28.7 Å². The predicted octanol–water partition coefficient (Wildman–Crippen LogP) is 3.36. The van der Waals surface area contributed by atoms with Gasteiger partial charge in [-0.15, -0.1) is 0 Å². The molecular formula is C18H15F3N2O. The van der Waals surface area contributed by atoms with Crippen molar-refractivity contribution in [2.24, 2.45) is 4.99 Å². The van der Waals surface area contributed by atoms with Crippen LogP contribution in [0.2, 0.25) is 0 Å². The fourth-order valence-electron chi connectivity index (χ4n) is 3.48. The summed E-state index contributed by atoms with van der Waals surface area (Å²) >= 11 is 0. The number of hydrogen-bond donors (Lipinski definition) is 1. The van der Waals surface area contributed by atoms with Gasteiger partial charge in [-0.1, -0.05) is 36.4 Å². The second-order valence-corrected chi connectivity index (χ2v) is 6.00. The summed E-state index contributed by atoms with van der Waals surface area (Å²) in [6.45, 7) is 1.29. The number of hydrogen-bond acceptors (Lipinski definition) is 3. The zero-order chi connectivity index (χ0) is 16.9. The molecule has 0 amide bonds. The molecule has 0 aromatic heterocycles. The average Bonchev–Trinajstić information content (AvgIpc) is 2.86. The van der Waals surface area contributed by atoms with Gasteiger partial charge in [-0.05, 0) is 18.6 Å². The third-order valence-corrected chi connectivity index (χ3v) is 4.61. The average molecular weight is 332 g/mol. The van der Waals surface area contributed by atoms with Crippen molar-refractivity contribution >= 4 is 5.84 Å². The first-order chi connectivity index (χ1) is 11.4. The van der Waals surface area contributed by atoms with Crippen LogP contribution in [0.3, 0.4) is 0 Å². The van der Waals surface area contributed by atoms with E-state index in [1.165, 1.54) is 12.1 Å². The van der Waals surface area contributed by atoms with E-state index in [0.29, 0.717) is 30.1 Å². The molecule has 1 unspecified atom stereocenters. The molecule has 2 heterocycles. The molecule has 0 saturated carbocycles. The van der Waals surface area contributed by atoms with Gasteiger partial charge in [0.15, 0.2) is 5.72 Å². The lowest BCUT2D eigenvalue weighted by Gasteiger charge is -2.37. The minimum atomic E-state index is -4.40. The highest BCUT2D eigenvalue weighted by Gasteiger charge is 2.49. The quantitative estimate of drug-likeness (QED) is 0.869. The van der Waals surface area contributed by atoms with Crippen molar-refractivity contribution in [1.29, 1.82) is 0 Å². The SMILES string of the molecule is OC1(c2ccc(C(F)(F)F)cc2)c2ccccc2C2=NCCCN21. The molecule has 0 fully saturated rings. The molecular weight excluding hydrogens is 317 g/mol. The normalized spacial score (nSPS) is 22.8. The Balaban J connectivity index is 1.87. The number of nitrogens with zero attached hydrogens (tertiary/aromatic N) is 2. The first-order valence-corrected chi connectivity index (χ1v) is 7.74. The monoisotopic (exact) mass is 332 g/mol. The maximum Gasteiger partial charge on any atom is 0.416 e. The Bertz CT molecular complexity index is 814. The third-order valence-electron chi connectivity index (χ3n) is 4.61. The van der Waals surface area contributed by atoms with E-state index in [1.54, 1.807) is 11.0 Å². The zero-order valence-corrected chi connectivity index (χ0v) is 12.7.